The summed E-state index contributed by atoms with van der Waals surface area (Å²) in [6, 6.07) is 8.37. The Hall–Kier alpha value is -0.290. The molecule has 3 rings (SSSR count). The summed E-state index contributed by atoms with van der Waals surface area (Å²) in [5, 5.41) is 14.5. The van der Waals surface area contributed by atoms with Gasteiger partial charge in [-0.05, 0) is 32.9 Å². The third kappa shape index (κ3) is 2.08. The molecule has 0 bridgehead atoms. The van der Waals surface area contributed by atoms with E-state index in [2.05, 4.69) is 34.1 Å². The smallest absolute Gasteiger partial charge is 0.0885 e. The Balaban J connectivity index is 1.95. The number of aliphatic hydroxyl groups excluding tert-OH is 1. The van der Waals surface area contributed by atoms with Gasteiger partial charge in [0.2, 0.25) is 0 Å². The zero-order valence-electron chi connectivity index (χ0n) is 8.97. The van der Waals surface area contributed by atoms with E-state index in [9.17, 15) is 5.11 Å². The summed E-state index contributed by atoms with van der Waals surface area (Å²) in [5.74, 6) is 1.17. The fourth-order valence-corrected chi connectivity index (χ4v) is 5.01. The number of thiophene rings is 1. The van der Waals surface area contributed by atoms with Crippen LogP contribution in [-0.2, 0) is 0 Å². The summed E-state index contributed by atoms with van der Waals surface area (Å²) >= 11 is 6.95. The second-order valence-electron chi connectivity index (χ2n) is 4.08. The molecule has 1 nitrogen and oxygen atoms in total. The van der Waals surface area contributed by atoms with Gasteiger partial charge in [-0.3, -0.25) is 0 Å². The quantitative estimate of drug-likeness (QED) is 0.880. The van der Waals surface area contributed by atoms with Crippen molar-refractivity contribution in [1.82, 2.24) is 0 Å². The molecule has 2 aromatic rings. The largest absolute Gasteiger partial charge is 0.388 e. The highest BCUT2D eigenvalue weighted by molar-refractivity contribution is 9.10. The summed E-state index contributed by atoms with van der Waals surface area (Å²) in [5.41, 5.74) is 2.29. The van der Waals surface area contributed by atoms with Gasteiger partial charge >= 0.3 is 0 Å². The van der Waals surface area contributed by atoms with Crippen LogP contribution >= 0.6 is 39.0 Å². The average molecular weight is 327 g/mol. The van der Waals surface area contributed by atoms with Gasteiger partial charge in [0.15, 0.2) is 0 Å². The van der Waals surface area contributed by atoms with Crippen molar-refractivity contribution in [2.45, 2.75) is 16.9 Å². The molecule has 0 aliphatic carbocycles. The highest BCUT2D eigenvalue weighted by atomic mass is 79.9. The van der Waals surface area contributed by atoms with Gasteiger partial charge in [0, 0.05) is 32.0 Å². The highest BCUT2D eigenvalue weighted by Crippen LogP contribution is 2.46. The van der Waals surface area contributed by atoms with E-state index in [-0.39, 0.29) is 5.92 Å². The first-order chi connectivity index (χ1) is 8.27. The number of fused-ring (bicyclic) bond motifs is 1. The number of aliphatic hydroxyl groups is 1. The molecule has 0 saturated carbocycles. The number of thioether (sulfide) groups is 1. The summed E-state index contributed by atoms with van der Waals surface area (Å²) in [6.07, 6.45) is -0.410. The Bertz CT molecular complexity index is 538. The van der Waals surface area contributed by atoms with Crippen LogP contribution < -0.4 is 0 Å². The SMILES string of the molecule is OC(c1cscc1Br)C1CSc2ccccc21. The van der Waals surface area contributed by atoms with Crippen molar-refractivity contribution in [3.8, 4) is 0 Å². The zero-order chi connectivity index (χ0) is 11.8. The Morgan fingerprint density at radius 2 is 2.12 bits per heavy atom. The fourth-order valence-electron chi connectivity index (χ4n) is 2.17. The van der Waals surface area contributed by atoms with Crippen molar-refractivity contribution in [3.63, 3.8) is 0 Å². The zero-order valence-corrected chi connectivity index (χ0v) is 12.2. The molecule has 1 N–H and O–H groups in total. The van der Waals surface area contributed by atoms with Gasteiger partial charge in [0.1, 0.15) is 0 Å². The molecule has 1 aliphatic heterocycles. The van der Waals surface area contributed by atoms with Gasteiger partial charge in [-0.2, -0.15) is 11.3 Å². The van der Waals surface area contributed by atoms with Crippen molar-refractivity contribution >= 4 is 39.0 Å². The predicted molar refractivity (Wildman–Crippen MR) is 76.9 cm³/mol. The van der Waals surface area contributed by atoms with Crippen molar-refractivity contribution in [1.29, 1.82) is 0 Å². The molecule has 0 radical (unpaired) electrons. The minimum absolute atomic E-state index is 0.210. The lowest BCUT2D eigenvalue weighted by atomic mass is 9.92. The Labute approximate surface area is 117 Å². The van der Waals surface area contributed by atoms with Crippen molar-refractivity contribution in [3.05, 3.63) is 50.6 Å². The maximum absolute atomic E-state index is 10.5. The van der Waals surface area contributed by atoms with Crippen molar-refractivity contribution in [2.24, 2.45) is 0 Å². The van der Waals surface area contributed by atoms with E-state index in [1.165, 1.54) is 10.5 Å². The number of halogens is 1. The Kier molecular flexibility index (Phi) is 3.30. The van der Waals surface area contributed by atoms with E-state index < -0.39 is 6.10 Å². The van der Waals surface area contributed by atoms with Crippen LogP contribution in [0, 0.1) is 0 Å². The molecular weight excluding hydrogens is 316 g/mol. The standard InChI is InChI=1S/C13H11BrOS2/c14-11-7-16-5-10(11)13(15)9-6-17-12-4-2-1-3-8(9)12/h1-5,7,9,13,15H,6H2. The molecular formula is C13H11BrOS2. The van der Waals surface area contributed by atoms with Crippen LogP contribution in [0.2, 0.25) is 0 Å². The lowest BCUT2D eigenvalue weighted by molar-refractivity contribution is 0.153. The lowest BCUT2D eigenvalue weighted by Crippen LogP contribution is -2.10. The summed E-state index contributed by atoms with van der Waals surface area (Å²) in [7, 11) is 0. The van der Waals surface area contributed by atoms with Gasteiger partial charge in [-0.15, -0.1) is 11.8 Å². The minimum atomic E-state index is -0.410. The molecule has 0 saturated heterocycles. The van der Waals surface area contributed by atoms with Crippen molar-refractivity contribution in [2.75, 3.05) is 5.75 Å². The first-order valence-corrected chi connectivity index (χ1v) is 8.11. The predicted octanol–water partition coefficient (Wildman–Crippen LogP) is 4.43. The van der Waals surface area contributed by atoms with Crippen LogP contribution in [0.25, 0.3) is 0 Å². The monoisotopic (exact) mass is 326 g/mol. The van der Waals surface area contributed by atoms with Gasteiger partial charge in [0.05, 0.1) is 6.10 Å². The highest BCUT2D eigenvalue weighted by Gasteiger charge is 2.31. The summed E-state index contributed by atoms with van der Waals surface area (Å²) < 4.78 is 1.02. The average Bonchev–Trinajstić information content (AvgIpc) is 2.94. The van der Waals surface area contributed by atoms with Crippen LogP contribution in [0.15, 0.2) is 44.4 Å². The molecule has 1 aromatic carbocycles. The van der Waals surface area contributed by atoms with E-state index in [0.29, 0.717) is 0 Å². The van der Waals surface area contributed by atoms with E-state index >= 15 is 0 Å². The maximum atomic E-state index is 10.5. The number of hydrogen-bond acceptors (Lipinski definition) is 3. The first-order valence-electron chi connectivity index (χ1n) is 5.39. The van der Waals surface area contributed by atoms with E-state index in [1.54, 1.807) is 11.3 Å². The molecule has 2 atom stereocenters. The van der Waals surface area contributed by atoms with Gasteiger partial charge in [0.25, 0.3) is 0 Å². The van der Waals surface area contributed by atoms with Crippen molar-refractivity contribution < 1.29 is 5.11 Å². The van der Waals surface area contributed by atoms with E-state index in [1.807, 2.05) is 28.6 Å². The molecule has 17 heavy (non-hydrogen) atoms. The van der Waals surface area contributed by atoms with Crippen LogP contribution in [0.3, 0.4) is 0 Å². The van der Waals surface area contributed by atoms with Crippen LogP contribution in [0.5, 0.6) is 0 Å². The Morgan fingerprint density at radius 1 is 1.29 bits per heavy atom. The summed E-state index contributed by atoms with van der Waals surface area (Å²) in [4.78, 5) is 1.31. The molecule has 1 aliphatic rings. The third-order valence-corrected chi connectivity index (χ3v) is 6.04. The lowest BCUT2D eigenvalue weighted by Gasteiger charge is -2.18. The fraction of sp³-hybridized carbons (Fsp3) is 0.231. The topological polar surface area (TPSA) is 20.2 Å². The molecule has 0 spiro atoms. The summed E-state index contributed by atoms with van der Waals surface area (Å²) in [6.45, 7) is 0. The molecule has 2 unspecified atom stereocenters. The second-order valence-corrected chi connectivity index (χ2v) is 6.73. The van der Waals surface area contributed by atoms with E-state index in [0.717, 1.165) is 15.8 Å². The molecule has 2 heterocycles. The molecule has 0 amide bonds. The van der Waals surface area contributed by atoms with Crippen LogP contribution in [0.4, 0.5) is 0 Å². The molecule has 88 valence electrons. The third-order valence-electron chi connectivity index (χ3n) is 3.08. The van der Waals surface area contributed by atoms with Crippen LogP contribution in [-0.4, -0.2) is 10.9 Å². The molecule has 4 heteroatoms. The normalized spacial score (nSPS) is 20.2. The second kappa shape index (κ2) is 4.76. The van der Waals surface area contributed by atoms with Crippen LogP contribution in [0.1, 0.15) is 23.1 Å². The van der Waals surface area contributed by atoms with Gasteiger partial charge in [-0.25, -0.2) is 0 Å². The number of rotatable bonds is 2. The minimum Gasteiger partial charge on any atom is -0.388 e. The van der Waals surface area contributed by atoms with Gasteiger partial charge < -0.3 is 5.11 Å². The molecule has 0 fully saturated rings. The van der Waals surface area contributed by atoms with E-state index in [4.69, 9.17) is 0 Å². The maximum Gasteiger partial charge on any atom is 0.0885 e. The number of hydrogen-bond donors (Lipinski definition) is 1. The molecule has 1 aromatic heterocycles. The number of benzene rings is 1. The first kappa shape index (κ1) is 11.8. The van der Waals surface area contributed by atoms with Gasteiger partial charge in [-0.1, -0.05) is 18.2 Å². The Morgan fingerprint density at radius 3 is 2.88 bits per heavy atom.